The molecule has 0 fully saturated rings. The number of para-hydroxylation sites is 1. The van der Waals surface area contributed by atoms with E-state index >= 15 is 0 Å². The van der Waals surface area contributed by atoms with Gasteiger partial charge in [-0.25, -0.2) is 4.79 Å². The van der Waals surface area contributed by atoms with Gasteiger partial charge in [0.15, 0.2) is 0 Å². The number of hydrogen-bond acceptors (Lipinski definition) is 2. The summed E-state index contributed by atoms with van der Waals surface area (Å²) in [5.74, 6) is 0.592. The molecular weight excluding hydrogens is 281 g/mol. The molecule has 1 aromatic rings. The number of halogens is 1. The standard InChI is InChI=1S/C9H10INO2/c1-2-11-9(12)13-8-6-4-3-5-7(8)10/h3-6H,2H2,1H3,(H,11,12). The van der Waals surface area contributed by atoms with E-state index in [0.29, 0.717) is 12.3 Å². The van der Waals surface area contributed by atoms with Crippen LogP contribution in [0.1, 0.15) is 6.92 Å². The second kappa shape index (κ2) is 5.06. The van der Waals surface area contributed by atoms with Gasteiger partial charge in [-0.2, -0.15) is 0 Å². The van der Waals surface area contributed by atoms with Crippen molar-refractivity contribution < 1.29 is 9.53 Å². The molecule has 1 N–H and O–H groups in total. The third kappa shape index (κ3) is 3.22. The zero-order valence-corrected chi connectivity index (χ0v) is 9.37. The minimum Gasteiger partial charge on any atom is -0.409 e. The Labute approximate surface area is 90.6 Å². The monoisotopic (exact) mass is 291 g/mol. The molecule has 0 bridgehead atoms. The summed E-state index contributed by atoms with van der Waals surface area (Å²) in [5, 5.41) is 2.56. The summed E-state index contributed by atoms with van der Waals surface area (Å²) in [6.07, 6.45) is -0.411. The van der Waals surface area contributed by atoms with Crippen molar-refractivity contribution in [1.29, 1.82) is 0 Å². The highest BCUT2D eigenvalue weighted by molar-refractivity contribution is 14.1. The SMILES string of the molecule is CCNC(=O)Oc1ccccc1I. The molecule has 1 amide bonds. The molecule has 0 aliphatic carbocycles. The summed E-state index contributed by atoms with van der Waals surface area (Å²) in [7, 11) is 0. The molecule has 4 heteroatoms. The van der Waals surface area contributed by atoms with Gasteiger partial charge in [-0.3, -0.25) is 0 Å². The second-order valence-corrected chi connectivity index (χ2v) is 3.51. The number of carbonyl (C=O) groups excluding carboxylic acids is 1. The van der Waals surface area contributed by atoms with Gasteiger partial charge in [0.1, 0.15) is 5.75 Å². The van der Waals surface area contributed by atoms with Crippen LogP contribution in [0, 0.1) is 3.57 Å². The van der Waals surface area contributed by atoms with Crippen molar-refractivity contribution in [3.63, 3.8) is 0 Å². The van der Waals surface area contributed by atoms with Crippen molar-refractivity contribution >= 4 is 28.7 Å². The lowest BCUT2D eigenvalue weighted by molar-refractivity contribution is 0.201. The van der Waals surface area contributed by atoms with Crippen LogP contribution < -0.4 is 10.1 Å². The van der Waals surface area contributed by atoms with Crippen molar-refractivity contribution in [2.24, 2.45) is 0 Å². The molecule has 0 spiro atoms. The number of nitrogens with one attached hydrogen (secondary N) is 1. The highest BCUT2D eigenvalue weighted by Gasteiger charge is 2.04. The molecule has 13 heavy (non-hydrogen) atoms. The lowest BCUT2D eigenvalue weighted by Crippen LogP contribution is -2.26. The van der Waals surface area contributed by atoms with Crippen molar-refractivity contribution in [2.45, 2.75) is 6.92 Å². The van der Waals surface area contributed by atoms with Gasteiger partial charge in [0, 0.05) is 6.54 Å². The van der Waals surface area contributed by atoms with Crippen LogP contribution in [0.2, 0.25) is 0 Å². The first kappa shape index (κ1) is 10.3. The van der Waals surface area contributed by atoms with E-state index in [0.717, 1.165) is 3.57 Å². The van der Waals surface area contributed by atoms with E-state index in [1.165, 1.54) is 0 Å². The number of amides is 1. The average Bonchev–Trinajstić information content (AvgIpc) is 2.09. The average molecular weight is 291 g/mol. The fourth-order valence-corrected chi connectivity index (χ4v) is 1.31. The number of carbonyl (C=O) groups is 1. The molecular formula is C9H10INO2. The quantitative estimate of drug-likeness (QED) is 0.850. The topological polar surface area (TPSA) is 38.3 Å². The molecule has 70 valence electrons. The third-order valence-electron chi connectivity index (χ3n) is 1.36. The molecule has 0 heterocycles. The molecule has 0 unspecified atom stereocenters. The Bertz CT molecular complexity index is 301. The summed E-state index contributed by atoms with van der Waals surface area (Å²) in [6, 6.07) is 7.37. The smallest absolute Gasteiger partial charge is 0.409 e. The van der Waals surface area contributed by atoms with Crippen molar-refractivity contribution in [2.75, 3.05) is 6.54 Å². The number of hydrogen-bond donors (Lipinski definition) is 1. The molecule has 0 atom stereocenters. The van der Waals surface area contributed by atoms with Crippen molar-refractivity contribution in [3.05, 3.63) is 27.8 Å². The predicted octanol–water partition coefficient (Wildman–Crippen LogP) is 2.40. The Balaban J connectivity index is 2.63. The molecule has 0 saturated heterocycles. The maximum absolute atomic E-state index is 11.0. The molecule has 0 saturated carbocycles. The highest BCUT2D eigenvalue weighted by Crippen LogP contribution is 2.19. The van der Waals surface area contributed by atoms with Crippen LogP contribution in [0.5, 0.6) is 5.75 Å². The van der Waals surface area contributed by atoms with E-state index in [1.807, 2.05) is 25.1 Å². The number of benzene rings is 1. The summed E-state index contributed by atoms with van der Waals surface area (Å²) in [6.45, 7) is 2.42. The first-order chi connectivity index (χ1) is 6.24. The van der Waals surface area contributed by atoms with Gasteiger partial charge in [-0.1, -0.05) is 12.1 Å². The third-order valence-corrected chi connectivity index (χ3v) is 2.25. The van der Waals surface area contributed by atoms with E-state index in [2.05, 4.69) is 27.9 Å². The largest absolute Gasteiger partial charge is 0.412 e. The van der Waals surface area contributed by atoms with Crippen LogP contribution in [0.25, 0.3) is 0 Å². The van der Waals surface area contributed by atoms with Gasteiger partial charge in [0.25, 0.3) is 0 Å². The molecule has 0 aliphatic heterocycles. The molecule has 1 aromatic carbocycles. The molecule has 0 aliphatic rings. The van der Waals surface area contributed by atoms with Gasteiger partial charge in [-0.05, 0) is 41.6 Å². The number of rotatable bonds is 2. The highest BCUT2D eigenvalue weighted by atomic mass is 127. The lowest BCUT2D eigenvalue weighted by Gasteiger charge is -2.05. The maximum atomic E-state index is 11.0. The van der Waals surface area contributed by atoms with Gasteiger partial charge in [0.2, 0.25) is 0 Å². The van der Waals surface area contributed by atoms with Crippen LogP contribution in [0.15, 0.2) is 24.3 Å². The Morgan fingerprint density at radius 1 is 1.54 bits per heavy atom. The fraction of sp³-hybridized carbons (Fsp3) is 0.222. The maximum Gasteiger partial charge on any atom is 0.412 e. The Morgan fingerprint density at radius 2 is 2.23 bits per heavy atom. The Hall–Kier alpha value is -0.780. The first-order valence-corrected chi connectivity index (χ1v) is 5.02. The van der Waals surface area contributed by atoms with Crippen LogP contribution >= 0.6 is 22.6 Å². The van der Waals surface area contributed by atoms with Crippen molar-refractivity contribution in [3.8, 4) is 5.75 Å². The first-order valence-electron chi connectivity index (χ1n) is 3.94. The van der Waals surface area contributed by atoms with Crippen LogP contribution in [0.4, 0.5) is 4.79 Å². The summed E-state index contributed by atoms with van der Waals surface area (Å²) in [5.41, 5.74) is 0. The summed E-state index contributed by atoms with van der Waals surface area (Å²) < 4.78 is 5.95. The van der Waals surface area contributed by atoms with Crippen LogP contribution in [-0.4, -0.2) is 12.6 Å². The second-order valence-electron chi connectivity index (χ2n) is 2.35. The minimum absolute atomic E-state index is 0.411. The van der Waals surface area contributed by atoms with E-state index in [-0.39, 0.29) is 0 Å². The van der Waals surface area contributed by atoms with Gasteiger partial charge in [-0.15, -0.1) is 0 Å². The predicted molar refractivity (Wildman–Crippen MR) is 58.9 cm³/mol. The fourth-order valence-electron chi connectivity index (χ4n) is 0.808. The zero-order valence-electron chi connectivity index (χ0n) is 7.21. The summed E-state index contributed by atoms with van der Waals surface area (Å²) in [4.78, 5) is 11.0. The molecule has 1 rings (SSSR count). The van der Waals surface area contributed by atoms with Gasteiger partial charge < -0.3 is 10.1 Å². The van der Waals surface area contributed by atoms with Crippen molar-refractivity contribution in [1.82, 2.24) is 5.32 Å². The lowest BCUT2D eigenvalue weighted by atomic mass is 10.3. The van der Waals surface area contributed by atoms with Crippen LogP contribution in [0.3, 0.4) is 0 Å². The minimum atomic E-state index is -0.411. The van der Waals surface area contributed by atoms with Crippen LogP contribution in [-0.2, 0) is 0 Å². The Kier molecular flexibility index (Phi) is 4.01. The Morgan fingerprint density at radius 3 is 2.85 bits per heavy atom. The van der Waals surface area contributed by atoms with E-state index in [4.69, 9.17) is 4.74 Å². The molecule has 0 radical (unpaired) electrons. The van der Waals surface area contributed by atoms with E-state index < -0.39 is 6.09 Å². The van der Waals surface area contributed by atoms with E-state index in [1.54, 1.807) is 6.07 Å². The van der Waals surface area contributed by atoms with Gasteiger partial charge >= 0.3 is 6.09 Å². The normalized spacial score (nSPS) is 9.38. The van der Waals surface area contributed by atoms with E-state index in [9.17, 15) is 4.79 Å². The summed E-state index contributed by atoms with van der Waals surface area (Å²) >= 11 is 2.12. The zero-order chi connectivity index (χ0) is 9.68. The molecule has 3 nitrogen and oxygen atoms in total. The number of ether oxygens (including phenoxy) is 1. The molecule has 0 aromatic heterocycles. The van der Waals surface area contributed by atoms with Gasteiger partial charge in [0.05, 0.1) is 3.57 Å².